The van der Waals surface area contributed by atoms with E-state index >= 15 is 0 Å². The van der Waals surface area contributed by atoms with Gasteiger partial charge in [0.15, 0.2) is 0 Å². The molecule has 1 aromatic rings. The lowest BCUT2D eigenvalue weighted by atomic mass is 10.3. The largest absolute Gasteiger partial charge is 0.383 e. The number of hydrogen-bond donors (Lipinski definition) is 3. The Morgan fingerprint density at radius 2 is 2.00 bits per heavy atom. The zero-order chi connectivity index (χ0) is 13.8. The Morgan fingerprint density at radius 1 is 1.32 bits per heavy atom. The van der Waals surface area contributed by atoms with Crippen LogP contribution in [0.1, 0.15) is 19.3 Å². The van der Waals surface area contributed by atoms with Crippen LogP contribution >= 0.6 is 0 Å². The average molecular weight is 267 g/mol. The number of nitrogens with zero attached hydrogens (tertiary/aromatic N) is 2. The monoisotopic (exact) mass is 267 g/mol. The van der Waals surface area contributed by atoms with E-state index in [0.717, 1.165) is 13.0 Å². The quantitative estimate of drug-likeness (QED) is 0.628. The summed E-state index contributed by atoms with van der Waals surface area (Å²) in [5.41, 5.74) is 5.09. The lowest BCUT2D eigenvalue weighted by Crippen LogP contribution is -2.33. The summed E-state index contributed by atoms with van der Waals surface area (Å²) in [5, 5.41) is 3.02. The third-order valence-electron chi connectivity index (χ3n) is 3.52. The summed E-state index contributed by atoms with van der Waals surface area (Å²) in [6, 6.07) is 0. The van der Waals surface area contributed by atoms with Gasteiger partial charge >= 0.3 is 5.69 Å². The molecule has 1 saturated heterocycles. The van der Waals surface area contributed by atoms with E-state index in [0.29, 0.717) is 6.54 Å². The molecule has 0 saturated carbocycles. The second-order valence-electron chi connectivity index (χ2n) is 4.91. The van der Waals surface area contributed by atoms with Crippen molar-refractivity contribution in [3.05, 3.63) is 20.8 Å². The Balaban J connectivity index is 1.90. The lowest BCUT2D eigenvalue weighted by Gasteiger charge is -2.15. The molecule has 1 fully saturated rings. The SMILES string of the molecule is Cn1c(N)c(NCCCN2CCCC2)c(=O)[nH]c1=O. The fourth-order valence-electron chi connectivity index (χ4n) is 2.33. The minimum Gasteiger partial charge on any atom is -0.383 e. The van der Waals surface area contributed by atoms with Crippen LogP contribution in [0.5, 0.6) is 0 Å². The first-order chi connectivity index (χ1) is 9.09. The topological polar surface area (TPSA) is 96.2 Å². The Labute approximate surface area is 111 Å². The summed E-state index contributed by atoms with van der Waals surface area (Å²) in [6.07, 6.45) is 3.50. The van der Waals surface area contributed by atoms with Crippen molar-refractivity contribution >= 4 is 11.5 Å². The van der Waals surface area contributed by atoms with Crippen molar-refractivity contribution in [2.24, 2.45) is 7.05 Å². The summed E-state index contributed by atoms with van der Waals surface area (Å²) < 4.78 is 1.23. The fourth-order valence-corrected chi connectivity index (χ4v) is 2.33. The molecule has 4 N–H and O–H groups in total. The first-order valence-electron chi connectivity index (χ1n) is 6.64. The summed E-state index contributed by atoms with van der Waals surface area (Å²) in [4.78, 5) is 27.6. The molecule has 106 valence electrons. The van der Waals surface area contributed by atoms with Crippen LogP contribution in [-0.4, -0.2) is 40.6 Å². The molecule has 19 heavy (non-hydrogen) atoms. The highest BCUT2D eigenvalue weighted by molar-refractivity contribution is 5.60. The number of nitrogen functional groups attached to an aromatic ring is 1. The van der Waals surface area contributed by atoms with Crippen LogP contribution in [0.3, 0.4) is 0 Å². The molecular weight excluding hydrogens is 246 g/mol. The van der Waals surface area contributed by atoms with Crippen LogP contribution in [0.4, 0.5) is 11.5 Å². The molecule has 2 heterocycles. The van der Waals surface area contributed by atoms with Gasteiger partial charge in [-0.1, -0.05) is 0 Å². The number of anilines is 2. The number of hydrogen-bond acceptors (Lipinski definition) is 5. The molecule has 7 nitrogen and oxygen atoms in total. The van der Waals surface area contributed by atoms with Gasteiger partial charge in [0.2, 0.25) is 0 Å². The highest BCUT2D eigenvalue weighted by Crippen LogP contribution is 2.10. The molecule has 0 atom stereocenters. The normalized spacial score (nSPS) is 15.8. The van der Waals surface area contributed by atoms with Crippen molar-refractivity contribution in [2.75, 3.05) is 37.2 Å². The van der Waals surface area contributed by atoms with Gasteiger partial charge in [-0.25, -0.2) is 4.79 Å². The van der Waals surface area contributed by atoms with Crippen molar-refractivity contribution in [1.82, 2.24) is 14.5 Å². The van der Waals surface area contributed by atoms with Crippen LogP contribution in [0, 0.1) is 0 Å². The number of rotatable bonds is 5. The van der Waals surface area contributed by atoms with Gasteiger partial charge in [0.05, 0.1) is 0 Å². The van der Waals surface area contributed by atoms with Gasteiger partial charge in [-0.05, 0) is 38.9 Å². The molecule has 0 unspecified atom stereocenters. The fraction of sp³-hybridized carbons (Fsp3) is 0.667. The van der Waals surface area contributed by atoms with E-state index in [1.54, 1.807) is 0 Å². The highest BCUT2D eigenvalue weighted by atomic mass is 16.2. The molecule has 1 aliphatic rings. The molecule has 2 rings (SSSR count). The number of aromatic nitrogens is 2. The minimum atomic E-state index is -0.495. The molecule has 0 radical (unpaired) electrons. The summed E-state index contributed by atoms with van der Waals surface area (Å²) in [5.74, 6) is 0.176. The Bertz CT molecular complexity index is 542. The van der Waals surface area contributed by atoms with E-state index in [1.807, 2.05) is 0 Å². The summed E-state index contributed by atoms with van der Waals surface area (Å²) in [7, 11) is 1.53. The number of H-pyrrole nitrogens is 1. The van der Waals surface area contributed by atoms with Gasteiger partial charge in [-0.3, -0.25) is 14.3 Å². The predicted octanol–water partition coefficient (Wildman–Crippen LogP) is -0.446. The summed E-state index contributed by atoms with van der Waals surface area (Å²) >= 11 is 0. The van der Waals surface area contributed by atoms with Gasteiger partial charge in [0.25, 0.3) is 5.56 Å². The van der Waals surface area contributed by atoms with Gasteiger partial charge in [0.1, 0.15) is 11.5 Å². The zero-order valence-electron chi connectivity index (χ0n) is 11.2. The Kier molecular flexibility index (Phi) is 4.26. The van der Waals surface area contributed by atoms with Crippen molar-refractivity contribution < 1.29 is 0 Å². The Hall–Kier alpha value is -1.76. The van der Waals surface area contributed by atoms with E-state index in [1.165, 1.54) is 37.5 Å². The number of nitrogens with one attached hydrogen (secondary N) is 2. The molecule has 7 heteroatoms. The van der Waals surface area contributed by atoms with Gasteiger partial charge in [-0.2, -0.15) is 0 Å². The number of likely N-dealkylation sites (tertiary alicyclic amines) is 1. The van der Waals surface area contributed by atoms with E-state index in [9.17, 15) is 9.59 Å². The van der Waals surface area contributed by atoms with Crippen LogP contribution in [0.2, 0.25) is 0 Å². The van der Waals surface area contributed by atoms with Crippen molar-refractivity contribution in [2.45, 2.75) is 19.3 Å². The second-order valence-corrected chi connectivity index (χ2v) is 4.91. The van der Waals surface area contributed by atoms with E-state index in [2.05, 4.69) is 15.2 Å². The molecule has 0 amide bonds. The maximum absolute atomic E-state index is 11.6. The molecule has 1 aliphatic heterocycles. The van der Waals surface area contributed by atoms with Crippen LogP contribution < -0.4 is 22.3 Å². The minimum absolute atomic E-state index is 0.176. The zero-order valence-corrected chi connectivity index (χ0v) is 11.2. The maximum Gasteiger partial charge on any atom is 0.329 e. The molecule has 0 spiro atoms. The average Bonchev–Trinajstić information content (AvgIpc) is 2.88. The van der Waals surface area contributed by atoms with Gasteiger partial charge in [0, 0.05) is 13.6 Å². The van der Waals surface area contributed by atoms with Gasteiger partial charge in [-0.15, -0.1) is 0 Å². The standard InChI is InChI=1S/C12H21N5O2/c1-16-10(13)9(11(18)15-12(16)19)14-5-4-8-17-6-2-3-7-17/h14H,2-8,13H2,1H3,(H,15,18,19). The van der Waals surface area contributed by atoms with Crippen LogP contribution in [-0.2, 0) is 7.05 Å². The lowest BCUT2D eigenvalue weighted by molar-refractivity contribution is 0.337. The maximum atomic E-state index is 11.6. The number of nitrogens with two attached hydrogens (primary N) is 1. The van der Waals surface area contributed by atoms with E-state index in [-0.39, 0.29) is 11.5 Å². The molecular formula is C12H21N5O2. The molecule has 0 bridgehead atoms. The Morgan fingerprint density at radius 3 is 2.68 bits per heavy atom. The second kappa shape index (κ2) is 5.92. The molecule has 0 aromatic carbocycles. The predicted molar refractivity (Wildman–Crippen MR) is 75.5 cm³/mol. The van der Waals surface area contributed by atoms with Gasteiger partial charge < -0.3 is 16.0 Å². The number of aromatic amines is 1. The summed E-state index contributed by atoms with van der Waals surface area (Å²) in [6.45, 7) is 4.03. The highest BCUT2D eigenvalue weighted by Gasteiger charge is 2.11. The van der Waals surface area contributed by atoms with Crippen LogP contribution in [0.15, 0.2) is 9.59 Å². The van der Waals surface area contributed by atoms with Crippen molar-refractivity contribution in [1.29, 1.82) is 0 Å². The first-order valence-corrected chi connectivity index (χ1v) is 6.64. The third-order valence-corrected chi connectivity index (χ3v) is 3.52. The molecule has 0 aliphatic carbocycles. The van der Waals surface area contributed by atoms with Crippen molar-refractivity contribution in [3.8, 4) is 0 Å². The van der Waals surface area contributed by atoms with Crippen molar-refractivity contribution in [3.63, 3.8) is 0 Å². The third kappa shape index (κ3) is 3.17. The molecule has 1 aromatic heterocycles. The van der Waals surface area contributed by atoms with E-state index < -0.39 is 11.2 Å². The van der Waals surface area contributed by atoms with E-state index in [4.69, 9.17) is 5.73 Å². The van der Waals surface area contributed by atoms with Crippen LogP contribution in [0.25, 0.3) is 0 Å². The first kappa shape index (κ1) is 13.7. The smallest absolute Gasteiger partial charge is 0.329 e.